The minimum absolute atomic E-state index is 0.358. The lowest BCUT2D eigenvalue weighted by atomic mass is 10.2. The molecule has 3 nitrogen and oxygen atoms in total. The molecule has 0 aliphatic carbocycles. The molecule has 0 aromatic heterocycles. The van der Waals surface area contributed by atoms with Crippen LogP contribution < -0.4 is 9.47 Å². The van der Waals surface area contributed by atoms with Crippen molar-refractivity contribution in [3.8, 4) is 17.6 Å². The number of rotatable bonds is 2. The van der Waals surface area contributed by atoms with Crippen molar-refractivity contribution >= 4 is 0 Å². The van der Waals surface area contributed by atoms with Crippen LogP contribution in [-0.4, -0.2) is 14.2 Å². The maximum atomic E-state index is 8.65. The fraction of sp³-hybridized carbons (Fsp3) is 0.222. The molecule has 0 aliphatic heterocycles. The zero-order valence-corrected chi connectivity index (χ0v) is 6.92. The Hall–Kier alpha value is -1.69. The van der Waals surface area contributed by atoms with Crippen molar-refractivity contribution in [3.05, 3.63) is 23.8 Å². The van der Waals surface area contributed by atoms with Gasteiger partial charge in [0.15, 0.2) is 11.5 Å². The van der Waals surface area contributed by atoms with E-state index in [1.54, 1.807) is 12.1 Å². The van der Waals surface area contributed by atoms with Crippen molar-refractivity contribution in [3.63, 3.8) is 0 Å². The third kappa shape index (κ3) is 1.32. The summed E-state index contributed by atoms with van der Waals surface area (Å²) in [5.41, 5.74) is 0.358. The van der Waals surface area contributed by atoms with Gasteiger partial charge in [0.25, 0.3) is 0 Å². The summed E-state index contributed by atoms with van der Waals surface area (Å²) < 4.78 is 9.96. The molecule has 0 unspecified atom stereocenters. The average molecular weight is 162 g/mol. The summed E-state index contributed by atoms with van der Waals surface area (Å²) in [5, 5.41) is 8.65. The molecule has 0 bridgehead atoms. The second kappa shape index (κ2) is 3.63. The molecule has 0 aliphatic rings. The van der Waals surface area contributed by atoms with Gasteiger partial charge < -0.3 is 9.47 Å². The largest absolute Gasteiger partial charge is 0.493 e. The SMILES string of the molecule is COc1cc[c]c(C#N)c1OC. The fourth-order valence-electron chi connectivity index (χ4n) is 0.912. The topological polar surface area (TPSA) is 42.2 Å². The zero-order chi connectivity index (χ0) is 8.97. The van der Waals surface area contributed by atoms with E-state index >= 15 is 0 Å². The number of ether oxygens (including phenoxy) is 2. The number of hydrogen-bond donors (Lipinski definition) is 0. The third-order valence-corrected chi connectivity index (χ3v) is 1.45. The molecule has 1 aromatic carbocycles. The highest BCUT2D eigenvalue weighted by atomic mass is 16.5. The van der Waals surface area contributed by atoms with E-state index in [0.29, 0.717) is 17.1 Å². The number of hydrogen-bond acceptors (Lipinski definition) is 3. The molecule has 0 atom stereocenters. The van der Waals surface area contributed by atoms with Crippen LogP contribution in [0, 0.1) is 17.4 Å². The molecule has 0 saturated carbocycles. The van der Waals surface area contributed by atoms with E-state index in [2.05, 4.69) is 6.07 Å². The normalized spacial score (nSPS) is 8.75. The van der Waals surface area contributed by atoms with E-state index in [9.17, 15) is 0 Å². The van der Waals surface area contributed by atoms with Crippen LogP contribution in [0.5, 0.6) is 11.5 Å². The van der Waals surface area contributed by atoms with E-state index in [0.717, 1.165) is 0 Å². The molecular formula is C9H8NO2. The quantitative estimate of drug-likeness (QED) is 0.659. The van der Waals surface area contributed by atoms with Crippen molar-refractivity contribution < 1.29 is 9.47 Å². The Balaban J connectivity index is 3.24. The van der Waals surface area contributed by atoms with Gasteiger partial charge in [0, 0.05) is 6.07 Å². The summed E-state index contributed by atoms with van der Waals surface area (Å²) in [6.07, 6.45) is 0. The van der Waals surface area contributed by atoms with Gasteiger partial charge in [-0.25, -0.2) is 0 Å². The van der Waals surface area contributed by atoms with Crippen LogP contribution >= 0.6 is 0 Å². The van der Waals surface area contributed by atoms with Gasteiger partial charge in [-0.05, 0) is 12.1 Å². The van der Waals surface area contributed by atoms with Crippen LogP contribution in [0.3, 0.4) is 0 Å². The minimum Gasteiger partial charge on any atom is -0.493 e. The standard InChI is InChI=1S/C9H8NO2/c1-11-8-5-3-4-7(6-10)9(8)12-2/h3,5H,1-2H3. The highest BCUT2D eigenvalue weighted by Gasteiger charge is 2.07. The minimum atomic E-state index is 0.358. The van der Waals surface area contributed by atoms with E-state index in [1.165, 1.54) is 14.2 Å². The molecule has 0 saturated heterocycles. The van der Waals surface area contributed by atoms with E-state index in [-0.39, 0.29) is 0 Å². The van der Waals surface area contributed by atoms with Crippen molar-refractivity contribution in [1.29, 1.82) is 5.26 Å². The van der Waals surface area contributed by atoms with Crippen LogP contribution in [0.4, 0.5) is 0 Å². The van der Waals surface area contributed by atoms with E-state index in [4.69, 9.17) is 14.7 Å². The van der Waals surface area contributed by atoms with Gasteiger partial charge in [-0.1, -0.05) is 0 Å². The predicted molar refractivity (Wildman–Crippen MR) is 43.1 cm³/mol. The summed E-state index contributed by atoms with van der Waals surface area (Å²) in [6.45, 7) is 0. The van der Waals surface area contributed by atoms with Gasteiger partial charge >= 0.3 is 0 Å². The molecule has 12 heavy (non-hydrogen) atoms. The number of nitrogens with zero attached hydrogens (tertiary/aromatic N) is 1. The lowest BCUT2D eigenvalue weighted by Gasteiger charge is -2.06. The van der Waals surface area contributed by atoms with Gasteiger partial charge in [-0.3, -0.25) is 0 Å². The fourth-order valence-corrected chi connectivity index (χ4v) is 0.912. The number of benzene rings is 1. The maximum Gasteiger partial charge on any atom is 0.179 e. The summed E-state index contributed by atoms with van der Waals surface area (Å²) in [5.74, 6) is 0.982. The Kier molecular flexibility index (Phi) is 2.54. The zero-order valence-electron chi connectivity index (χ0n) is 6.92. The van der Waals surface area contributed by atoms with Crippen molar-refractivity contribution in [2.45, 2.75) is 0 Å². The Morgan fingerprint density at radius 3 is 2.67 bits per heavy atom. The Labute approximate surface area is 71.1 Å². The summed E-state index contributed by atoms with van der Waals surface area (Å²) in [6, 6.07) is 8.03. The van der Waals surface area contributed by atoms with Crippen LogP contribution in [0.1, 0.15) is 5.56 Å². The molecule has 0 N–H and O–H groups in total. The van der Waals surface area contributed by atoms with Crippen molar-refractivity contribution in [2.24, 2.45) is 0 Å². The van der Waals surface area contributed by atoms with Crippen LogP contribution in [0.2, 0.25) is 0 Å². The average Bonchev–Trinajstić information content (AvgIpc) is 2.16. The molecule has 0 amide bonds. The van der Waals surface area contributed by atoms with Crippen LogP contribution in [-0.2, 0) is 0 Å². The number of nitriles is 1. The first-order chi connectivity index (χ1) is 5.83. The van der Waals surface area contributed by atoms with Gasteiger partial charge in [-0.15, -0.1) is 0 Å². The Morgan fingerprint density at radius 1 is 1.42 bits per heavy atom. The van der Waals surface area contributed by atoms with Gasteiger partial charge in [0.2, 0.25) is 0 Å². The molecule has 0 spiro atoms. The highest BCUT2D eigenvalue weighted by Crippen LogP contribution is 2.29. The molecule has 1 radical (unpaired) electrons. The van der Waals surface area contributed by atoms with Crippen LogP contribution in [0.15, 0.2) is 12.1 Å². The van der Waals surface area contributed by atoms with Gasteiger partial charge in [0.1, 0.15) is 11.6 Å². The smallest absolute Gasteiger partial charge is 0.179 e. The summed E-state index contributed by atoms with van der Waals surface area (Å²) >= 11 is 0. The summed E-state index contributed by atoms with van der Waals surface area (Å²) in [7, 11) is 3.02. The Bertz CT molecular complexity index is 315. The van der Waals surface area contributed by atoms with E-state index in [1.807, 2.05) is 6.07 Å². The first-order valence-corrected chi connectivity index (χ1v) is 3.36. The maximum absolute atomic E-state index is 8.65. The predicted octanol–water partition coefficient (Wildman–Crippen LogP) is 1.38. The third-order valence-electron chi connectivity index (χ3n) is 1.45. The van der Waals surface area contributed by atoms with Gasteiger partial charge in [0.05, 0.1) is 14.2 Å². The molecule has 3 heteroatoms. The monoisotopic (exact) mass is 162 g/mol. The second-order valence-corrected chi connectivity index (χ2v) is 2.07. The molecule has 1 aromatic rings. The number of methoxy groups -OCH3 is 2. The lowest BCUT2D eigenvalue weighted by Crippen LogP contribution is -1.92. The molecule has 0 heterocycles. The van der Waals surface area contributed by atoms with Crippen LogP contribution in [0.25, 0.3) is 0 Å². The van der Waals surface area contributed by atoms with E-state index < -0.39 is 0 Å². The first kappa shape index (κ1) is 8.41. The molecule has 61 valence electrons. The van der Waals surface area contributed by atoms with Crippen molar-refractivity contribution in [1.82, 2.24) is 0 Å². The van der Waals surface area contributed by atoms with Gasteiger partial charge in [-0.2, -0.15) is 5.26 Å². The highest BCUT2D eigenvalue weighted by molar-refractivity contribution is 5.51. The van der Waals surface area contributed by atoms with Crippen molar-refractivity contribution in [2.75, 3.05) is 14.2 Å². The molecule has 0 fully saturated rings. The molecule has 1 rings (SSSR count). The first-order valence-electron chi connectivity index (χ1n) is 3.36. The lowest BCUT2D eigenvalue weighted by molar-refractivity contribution is 0.354. The Morgan fingerprint density at radius 2 is 2.17 bits per heavy atom. The molecular weight excluding hydrogens is 154 g/mol. The summed E-state index contributed by atoms with van der Waals surface area (Å²) in [4.78, 5) is 0. The second-order valence-electron chi connectivity index (χ2n) is 2.07.